The lowest BCUT2D eigenvalue weighted by molar-refractivity contribution is -0.121. The van der Waals surface area contributed by atoms with Crippen LogP contribution in [-0.4, -0.2) is 33.2 Å². The predicted molar refractivity (Wildman–Crippen MR) is 115 cm³/mol. The summed E-state index contributed by atoms with van der Waals surface area (Å²) in [4.78, 5) is 12.5. The van der Waals surface area contributed by atoms with E-state index in [1.807, 2.05) is 6.07 Å². The van der Waals surface area contributed by atoms with E-state index in [0.29, 0.717) is 18.2 Å². The minimum atomic E-state index is -3.57. The molecule has 2 rings (SSSR count). The van der Waals surface area contributed by atoms with Crippen molar-refractivity contribution in [1.29, 1.82) is 0 Å². The SMILES string of the molecule is CC(C)c1ccc(CCCNC(=O)C(C)N(c2ccccc2)S(C)(=O)=O)cc1. The van der Waals surface area contributed by atoms with Crippen LogP contribution in [0, 0.1) is 0 Å². The fourth-order valence-corrected chi connectivity index (χ4v) is 4.28. The number of nitrogens with one attached hydrogen (secondary N) is 1. The topological polar surface area (TPSA) is 66.5 Å². The van der Waals surface area contributed by atoms with E-state index in [0.717, 1.165) is 23.4 Å². The fraction of sp³-hybridized carbons (Fsp3) is 0.409. The van der Waals surface area contributed by atoms with Crippen molar-refractivity contribution in [3.05, 3.63) is 65.7 Å². The Hall–Kier alpha value is -2.34. The maximum absolute atomic E-state index is 12.5. The molecule has 0 saturated carbocycles. The van der Waals surface area contributed by atoms with Crippen LogP contribution < -0.4 is 9.62 Å². The van der Waals surface area contributed by atoms with Crippen molar-refractivity contribution >= 4 is 21.6 Å². The third-order valence-corrected chi connectivity index (χ3v) is 5.93. The Balaban J connectivity index is 1.90. The Labute approximate surface area is 168 Å². The largest absolute Gasteiger partial charge is 0.354 e. The summed E-state index contributed by atoms with van der Waals surface area (Å²) in [5, 5.41) is 2.86. The molecule has 0 aliphatic rings. The number of anilines is 1. The second kappa shape index (κ2) is 9.73. The van der Waals surface area contributed by atoms with Gasteiger partial charge in [-0.05, 0) is 48.9 Å². The third kappa shape index (κ3) is 6.09. The molecule has 0 aliphatic heterocycles. The van der Waals surface area contributed by atoms with Crippen molar-refractivity contribution in [2.45, 2.75) is 45.6 Å². The van der Waals surface area contributed by atoms with Crippen molar-refractivity contribution in [3.63, 3.8) is 0 Å². The van der Waals surface area contributed by atoms with Crippen molar-refractivity contribution < 1.29 is 13.2 Å². The summed E-state index contributed by atoms with van der Waals surface area (Å²) < 4.78 is 25.6. The molecule has 0 radical (unpaired) electrons. The summed E-state index contributed by atoms with van der Waals surface area (Å²) in [7, 11) is -3.57. The molecule has 6 heteroatoms. The minimum absolute atomic E-state index is 0.301. The van der Waals surface area contributed by atoms with Gasteiger partial charge < -0.3 is 5.32 Å². The molecule has 0 saturated heterocycles. The zero-order chi connectivity index (χ0) is 20.7. The lowest BCUT2D eigenvalue weighted by Gasteiger charge is -2.28. The second-order valence-electron chi connectivity index (χ2n) is 7.36. The standard InChI is InChI=1S/C22H30N2O3S/c1-17(2)20-14-12-19(13-15-20)9-8-16-23-22(25)18(3)24(28(4,26)27)21-10-6-5-7-11-21/h5-7,10-15,17-18H,8-9,16H2,1-4H3,(H,23,25). The van der Waals surface area contributed by atoms with Crippen LogP contribution >= 0.6 is 0 Å². The number of aryl methyl sites for hydroxylation is 1. The summed E-state index contributed by atoms with van der Waals surface area (Å²) in [6, 6.07) is 16.4. The summed E-state index contributed by atoms with van der Waals surface area (Å²) in [5.41, 5.74) is 3.03. The van der Waals surface area contributed by atoms with Gasteiger partial charge in [-0.3, -0.25) is 9.10 Å². The van der Waals surface area contributed by atoms with E-state index in [-0.39, 0.29) is 5.91 Å². The average Bonchev–Trinajstić information content (AvgIpc) is 2.65. The smallest absolute Gasteiger partial charge is 0.243 e. The van der Waals surface area contributed by atoms with Gasteiger partial charge in [0.25, 0.3) is 0 Å². The number of rotatable bonds is 9. The van der Waals surface area contributed by atoms with Gasteiger partial charge in [0.15, 0.2) is 0 Å². The predicted octanol–water partition coefficient (Wildman–Crippen LogP) is 3.71. The van der Waals surface area contributed by atoms with Crippen LogP contribution in [0.15, 0.2) is 54.6 Å². The van der Waals surface area contributed by atoms with E-state index >= 15 is 0 Å². The van der Waals surface area contributed by atoms with E-state index in [1.165, 1.54) is 11.1 Å². The van der Waals surface area contributed by atoms with Gasteiger partial charge in [-0.2, -0.15) is 0 Å². The normalized spacial score (nSPS) is 12.6. The molecular formula is C22H30N2O3S. The highest BCUT2D eigenvalue weighted by Crippen LogP contribution is 2.20. The van der Waals surface area contributed by atoms with Gasteiger partial charge in [-0.25, -0.2) is 8.42 Å². The number of sulfonamides is 1. The second-order valence-corrected chi connectivity index (χ2v) is 9.22. The molecule has 0 aliphatic carbocycles. The Kier molecular flexibility index (Phi) is 7.63. The van der Waals surface area contributed by atoms with Crippen LogP contribution in [0.1, 0.15) is 44.2 Å². The summed E-state index contributed by atoms with van der Waals surface area (Å²) in [6.07, 6.45) is 2.77. The lowest BCUT2D eigenvalue weighted by Crippen LogP contribution is -2.48. The van der Waals surface area contributed by atoms with Gasteiger partial charge in [0, 0.05) is 6.54 Å². The van der Waals surface area contributed by atoms with Gasteiger partial charge in [-0.15, -0.1) is 0 Å². The van der Waals surface area contributed by atoms with E-state index in [2.05, 4.69) is 43.4 Å². The van der Waals surface area contributed by atoms with E-state index in [1.54, 1.807) is 31.2 Å². The molecule has 2 aromatic carbocycles. The quantitative estimate of drug-likeness (QED) is 0.650. The first kappa shape index (κ1) is 22.0. The van der Waals surface area contributed by atoms with E-state index in [4.69, 9.17) is 0 Å². The molecule has 28 heavy (non-hydrogen) atoms. The molecule has 0 heterocycles. The number of benzene rings is 2. The fourth-order valence-electron chi connectivity index (χ4n) is 3.10. The summed E-state index contributed by atoms with van der Waals surface area (Å²) in [5.74, 6) is 0.210. The molecule has 0 bridgehead atoms. The zero-order valence-corrected chi connectivity index (χ0v) is 17.9. The van der Waals surface area contributed by atoms with E-state index < -0.39 is 16.1 Å². The van der Waals surface area contributed by atoms with Gasteiger partial charge in [0.05, 0.1) is 11.9 Å². The van der Waals surface area contributed by atoms with Gasteiger partial charge in [0.1, 0.15) is 6.04 Å². The zero-order valence-electron chi connectivity index (χ0n) is 17.1. The maximum Gasteiger partial charge on any atom is 0.243 e. The molecule has 0 spiro atoms. The van der Waals surface area contributed by atoms with Crippen molar-refractivity contribution in [2.24, 2.45) is 0 Å². The molecule has 1 atom stereocenters. The number of nitrogens with zero attached hydrogens (tertiary/aromatic N) is 1. The third-order valence-electron chi connectivity index (χ3n) is 4.69. The van der Waals surface area contributed by atoms with E-state index in [9.17, 15) is 13.2 Å². The number of hydrogen-bond donors (Lipinski definition) is 1. The van der Waals surface area contributed by atoms with Crippen molar-refractivity contribution in [1.82, 2.24) is 5.32 Å². The molecule has 5 nitrogen and oxygen atoms in total. The van der Waals surface area contributed by atoms with Crippen LogP contribution in [0.3, 0.4) is 0 Å². The Morgan fingerprint density at radius 3 is 2.14 bits per heavy atom. The highest BCUT2D eigenvalue weighted by molar-refractivity contribution is 7.92. The van der Waals surface area contributed by atoms with Crippen LogP contribution in [0.4, 0.5) is 5.69 Å². The Bertz CT molecular complexity index is 862. The molecule has 1 amide bonds. The summed E-state index contributed by atoms with van der Waals surface area (Å²) in [6.45, 7) is 6.44. The molecule has 152 valence electrons. The Morgan fingerprint density at radius 2 is 1.61 bits per heavy atom. The van der Waals surface area contributed by atoms with Crippen LogP contribution in [0.2, 0.25) is 0 Å². The number of para-hydroxylation sites is 1. The molecule has 1 unspecified atom stereocenters. The van der Waals surface area contributed by atoms with Crippen LogP contribution in [0.5, 0.6) is 0 Å². The molecule has 0 fully saturated rings. The number of carbonyl (C=O) groups excluding carboxylic acids is 1. The van der Waals surface area contributed by atoms with Gasteiger partial charge >= 0.3 is 0 Å². The number of amides is 1. The maximum atomic E-state index is 12.5. The molecule has 1 N–H and O–H groups in total. The van der Waals surface area contributed by atoms with Gasteiger partial charge in [0.2, 0.25) is 15.9 Å². The highest BCUT2D eigenvalue weighted by Gasteiger charge is 2.28. The van der Waals surface area contributed by atoms with Crippen LogP contribution in [0.25, 0.3) is 0 Å². The average molecular weight is 403 g/mol. The van der Waals surface area contributed by atoms with Crippen LogP contribution in [-0.2, 0) is 21.2 Å². The number of hydrogen-bond acceptors (Lipinski definition) is 3. The highest BCUT2D eigenvalue weighted by atomic mass is 32.2. The molecule has 2 aromatic rings. The monoisotopic (exact) mass is 402 g/mol. The first-order chi connectivity index (χ1) is 13.2. The van der Waals surface area contributed by atoms with Crippen molar-refractivity contribution in [2.75, 3.05) is 17.1 Å². The first-order valence-electron chi connectivity index (χ1n) is 9.61. The number of carbonyl (C=O) groups is 1. The minimum Gasteiger partial charge on any atom is -0.354 e. The van der Waals surface area contributed by atoms with Crippen molar-refractivity contribution in [3.8, 4) is 0 Å². The van der Waals surface area contributed by atoms with Gasteiger partial charge in [-0.1, -0.05) is 56.3 Å². The Morgan fingerprint density at radius 1 is 1.00 bits per heavy atom. The molecule has 0 aromatic heterocycles. The first-order valence-corrected chi connectivity index (χ1v) is 11.5. The molecular weight excluding hydrogens is 372 g/mol. The lowest BCUT2D eigenvalue weighted by atomic mass is 10.0. The summed E-state index contributed by atoms with van der Waals surface area (Å²) >= 11 is 0.